The molecule has 0 aliphatic heterocycles. The summed E-state index contributed by atoms with van der Waals surface area (Å²) in [5.74, 6) is -0.959. The molecule has 6 heteroatoms. The number of aliphatic imine (C=N–C) groups is 1. The Hall–Kier alpha value is -2.47. The van der Waals surface area contributed by atoms with Crippen molar-refractivity contribution in [1.82, 2.24) is 0 Å². The van der Waals surface area contributed by atoms with E-state index >= 15 is 0 Å². The second kappa shape index (κ2) is 8.24. The molecule has 3 N–H and O–H groups in total. The molecule has 2 aromatic carbocycles. The van der Waals surface area contributed by atoms with Crippen LogP contribution in [-0.4, -0.2) is 19.6 Å². The van der Waals surface area contributed by atoms with Crippen molar-refractivity contribution < 1.29 is 13.5 Å². The molecule has 4 nitrogen and oxygen atoms in total. The number of nitrogens with one attached hydrogen (secondary N) is 1. The highest BCUT2D eigenvalue weighted by molar-refractivity contribution is 5.92. The van der Waals surface area contributed by atoms with Crippen LogP contribution in [-0.2, 0) is 17.8 Å². The van der Waals surface area contributed by atoms with Gasteiger partial charge in [-0.15, -0.1) is 0 Å². The maximum absolute atomic E-state index is 13.5. The molecule has 0 radical (unpaired) electrons. The predicted molar refractivity (Wildman–Crippen MR) is 87.3 cm³/mol. The normalized spacial score (nSPS) is 11.5. The lowest BCUT2D eigenvalue weighted by molar-refractivity contribution is 0.185. The predicted octanol–water partition coefficient (Wildman–Crippen LogP) is 3.08. The van der Waals surface area contributed by atoms with Gasteiger partial charge >= 0.3 is 0 Å². The van der Waals surface area contributed by atoms with E-state index in [-0.39, 0.29) is 24.5 Å². The molecule has 0 fully saturated rings. The molecule has 2 aromatic rings. The van der Waals surface area contributed by atoms with Crippen LogP contribution in [0.1, 0.15) is 11.1 Å². The van der Waals surface area contributed by atoms with E-state index in [1.807, 2.05) is 24.3 Å². The van der Waals surface area contributed by atoms with Crippen molar-refractivity contribution in [2.45, 2.75) is 13.0 Å². The molecule has 0 saturated heterocycles. The summed E-state index contributed by atoms with van der Waals surface area (Å²) in [7, 11) is 1.61. The lowest BCUT2D eigenvalue weighted by Crippen LogP contribution is -2.24. The van der Waals surface area contributed by atoms with Gasteiger partial charge in [0, 0.05) is 30.5 Å². The third-order valence-electron chi connectivity index (χ3n) is 3.29. The fraction of sp³-hybridized carbons (Fsp3) is 0.235. The lowest BCUT2D eigenvalue weighted by Gasteiger charge is -2.11. The summed E-state index contributed by atoms with van der Waals surface area (Å²) < 4.78 is 32.1. The van der Waals surface area contributed by atoms with Gasteiger partial charge < -0.3 is 15.8 Å². The zero-order valence-corrected chi connectivity index (χ0v) is 12.9. The molecule has 0 aliphatic rings. The molecule has 0 aliphatic carbocycles. The highest BCUT2D eigenvalue weighted by Gasteiger charge is 2.07. The summed E-state index contributed by atoms with van der Waals surface area (Å²) in [5, 5.41) is 2.97. The molecule has 0 spiro atoms. The fourth-order valence-corrected chi connectivity index (χ4v) is 2.16. The van der Waals surface area contributed by atoms with Gasteiger partial charge in [-0.05, 0) is 24.6 Å². The monoisotopic (exact) mass is 319 g/mol. The van der Waals surface area contributed by atoms with E-state index in [2.05, 4.69) is 10.3 Å². The molecule has 0 saturated carbocycles. The SMILES string of the molecule is COCc1ccccc1NC(N)=NCCc1c(F)cccc1F. The highest BCUT2D eigenvalue weighted by Crippen LogP contribution is 2.16. The maximum Gasteiger partial charge on any atom is 0.193 e. The Morgan fingerprint density at radius 2 is 1.83 bits per heavy atom. The number of hydrogen-bond donors (Lipinski definition) is 2. The van der Waals surface area contributed by atoms with Gasteiger partial charge in [0.15, 0.2) is 5.96 Å². The molecular formula is C17H19F2N3O. The number of anilines is 1. The molecule has 122 valence electrons. The van der Waals surface area contributed by atoms with E-state index in [1.54, 1.807) is 7.11 Å². The van der Waals surface area contributed by atoms with Crippen molar-refractivity contribution in [2.24, 2.45) is 10.7 Å². The Kier molecular flexibility index (Phi) is 6.05. The highest BCUT2D eigenvalue weighted by atomic mass is 19.1. The van der Waals surface area contributed by atoms with Crippen molar-refractivity contribution in [3.05, 3.63) is 65.2 Å². The van der Waals surface area contributed by atoms with Crippen LogP contribution in [0.2, 0.25) is 0 Å². The van der Waals surface area contributed by atoms with Gasteiger partial charge in [-0.1, -0.05) is 24.3 Å². The van der Waals surface area contributed by atoms with E-state index in [1.165, 1.54) is 18.2 Å². The standard InChI is InChI=1S/C17H19F2N3O/c1-23-11-12-5-2-3-8-16(12)22-17(20)21-10-9-13-14(18)6-4-7-15(13)19/h2-8H,9-11H2,1H3,(H3,20,21,22). The first-order valence-electron chi connectivity index (χ1n) is 7.18. The molecule has 0 unspecified atom stereocenters. The Labute approximate surface area is 134 Å². The number of rotatable bonds is 6. The number of nitrogens with zero attached hydrogens (tertiary/aromatic N) is 1. The molecule has 2 rings (SSSR count). The average molecular weight is 319 g/mol. The van der Waals surface area contributed by atoms with Gasteiger partial charge in [0.05, 0.1) is 6.61 Å². The second-order valence-electron chi connectivity index (χ2n) is 4.93. The first-order chi connectivity index (χ1) is 11.1. The summed E-state index contributed by atoms with van der Waals surface area (Å²) in [4.78, 5) is 4.11. The van der Waals surface area contributed by atoms with E-state index in [4.69, 9.17) is 10.5 Å². The van der Waals surface area contributed by atoms with Crippen molar-refractivity contribution in [2.75, 3.05) is 19.0 Å². The topological polar surface area (TPSA) is 59.6 Å². The lowest BCUT2D eigenvalue weighted by atomic mass is 10.1. The van der Waals surface area contributed by atoms with Crippen molar-refractivity contribution in [3.8, 4) is 0 Å². The van der Waals surface area contributed by atoms with Crippen LogP contribution in [0.5, 0.6) is 0 Å². The number of benzene rings is 2. The number of methoxy groups -OCH3 is 1. The van der Waals surface area contributed by atoms with Gasteiger partial charge in [-0.2, -0.15) is 0 Å². The smallest absolute Gasteiger partial charge is 0.193 e. The summed E-state index contributed by atoms with van der Waals surface area (Å²) in [6, 6.07) is 11.3. The van der Waals surface area contributed by atoms with E-state index < -0.39 is 11.6 Å². The van der Waals surface area contributed by atoms with Crippen LogP contribution in [0.15, 0.2) is 47.5 Å². The zero-order chi connectivity index (χ0) is 16.7. The number of hydrogen-bond acceptors (Lipinski definition) is 2. The summed E-state index contributed by atoms with van der Waals surface area (Å²) in [5.41, 5.74) is 7.56. The number of para-hydroxylation sites is 1. The Bertz CT molecular complexity index is 669. The Morgan fingerprint density at radius 1 is 1.13 bits per heavy atom. The third-order valence-corrected chi connectivity index (χ3v) is 3.29. The summed E-state index contributed by atoms with van der Waals surface area (Å²) in [6.45, 7) is 0.625. The summed E-state index contributed by atoms with van der Waals surface area (Å²) in [6.07, 6.45) is 0.139. The minimum Gasteiger partial charge on any atom is -0.380 e. The molecular weight excluding hydrogens is 300 g/mol. The Balaban J connectivity index is 1.99. The van der Waals surface area contributed by atoms with Crippen molar-refractivity contribution >= 4 is 11.6 Å². The Morgan fingerprint density at radius 3 is 2.52 bits per heavy atom. The van der Waals surface area contributed by atoms with Crippen molar-refractivity contribution in [1.29, 1.82) is 0 Å². The van der Waals surface area contributed by atoms with Gasteiger partial charge in [-0.25, -0.2) is 8.78 Å². The molecule has 0 amide bonds. The van der Waals surface area contributed by atoms with E-state index in [0.29, 0.717) is 6.61 Å². The summed E-state index contributed by atoms with van der Waals surface area (Å²) >= 11 is 0. The largest absolute Gasteiger partial charge is 0.380 e. The third kappa shape index (κ3) is 4.75. The molecule has 0 atom stereocenters. The molecule has 0 bridgehead atoms. The molecule has 23 heavy (non-hydrogen) atoms. The van der Waals surface area contributed by atoms with Gasteiger partial charge in [0.2, 0.25) is 0 Å². The number of ether oxygens (including phenoxy) is 1. The van der Waals surface area contributed by atoms with Crippen LogP contribution in [0.3, 0.4) is 0 Å². The van der Waals surface area contributed by atoms with Crippen LogP contribution in [0, 0.1) is 11.6 Å². The van der Waals surface area contributed by atoms with E-state index in [9.17, 15) is 8.78 Å². The van der Waals surface area contributed by atoms with Gasteiger partial charge in [0.25, 0.3) is 0 Å². The van der Waals surface area contributed by atoms with Crippen LogP contribution < -0.4 is 11.1 Å². The van der Waals surface area contributed by atoms with Gasteiger partial charge in [-0.3, -0.25) is 4.99 Å². The molecule has 0 heterocycles. The number of guanidine groups is 1. The fourth-order valence-electron chi connectivity index (χ4n) is 2.16. The van der Waals surface area contributed by atoms with Crippen LogP contribution >= 0.6 is 0 Å². The van der Waals surface area contributed by atoms with Crippen LogP contribution in [0.4, 0.5) is 14.5 Å². The van der Waals surface area contributed by atoms with Gasteiger partial charge in [0.1, 0.15) is 11.6 Å². The van der Waals surface area contributed by atoms with E-state index in [0.717, 1.165) is 11.3 Å². The maximum atomic E-state index is 13.5. The van der Waals surface area contributed by atoms with Crippen LogP contribution in [0.25, 0.3) is 0 Å². The number of halogens is 2. The van der Waals surface area contributed by atoms with Crippen molar-refractivity contribution in [3.63, 3.8) is 0 Å². The minimum absolute atomic E-state index is 0.0174. The first kappa shape index (κ1) is 16.9. The number of nitrogens with two attached hydrogens (primary N) is 1. The quantitative estimate of drug-likeness (QED) is 0.635. The molecule has 0 aromatic heterocycles. The minimum atomic E-state index is -0.572. The first-order valence-corrected chi connectivity index (χ1v) is 7.18. The average Bonchev–Trinajstić information content (AvgIpc) is 2.52. The second-order valence-corrected chi connectivity index (χ2v) is 4.93. The zero-order valence-electron chi connectivity index (χ0n) is 12.9.